The second-order valence-corrected chi connectivity index (χ2v) is 8.84. The topological polar surface area (TPSA) is 92.7 Å². The molecule has 4 rings (SSSR count). The summed E-state index contributed by atoms with van der Waals surface area (Å²) in [5.41, 5.74) is 2.94. The van der Waals surface area contributed by atoms with Gasteiger partial charge in [-0.25, -0.2) is 4.98 Å². The van der Waals surface area contributed by atoms with Crippen LogP contribution < -0.4 is 10.9 Å². The van der Waals surface area contributed by atoms with Crippen molar-refractivity contribution >= 4 is 29.1 Å². The van der Waals surface area contributed by atoms with Crippen molar-refractivity contribution in [3.8, 4) is 6.07 Å². The fourth-order valence-electron chi connectivity index (χ4n) is 3.69. The molecule has 0 aliphatic carbocycles. The summed E-state index contributed by atoms with van der Waals surface area (Å²) in [5, 5.41) is 12.6. The summed E-state index contributed by atoms with van der Waals surface area (Å²) < 4.78 is 3.38. The molecule has 4 aromatic rings. The zero-order valence-corrected chi connectivity index (χ0v) is 20.1. The Kier molecular flexibility index (Phi) is 7.66. The molecule has 2 aromatic heterocycles. The van der Waals surface area contributed by atoms with Crippen molar-refractivity contribution in [2.45, 2.75) is 19.5 Å². The molecule has 0 saturated heterocycles. The average Bonchev–Trinajstić information content (AvgIpc) is 3.28. The molecule has 1 N–H and O–H groups in total. The number of carbonyl (C=O) groups excluding carboxylic acids is 1. The van der Waals surface area contributed by atoms with Crippen LogP contribution in [0.15, 0.2) is 78.1 Å². The Bertz CT molecular complexity index is 1450. The molecule has 2 aromatic carbocycles. The van der Waals surface area contributed by atoms with Gasteiger partial charge in [0.25, 0.3) is 11.5 Å². The van der Waals surface area contributed by atoms with Gasteiger partial charge in [0.1, 0.15) is 5.56 Å². The number of benzene rings is 2. The normalized spacial score (nSPS) is 10.7. The zero-order valence-electron chi connectivity index (χ0n) is 18.6. The maximum absolute atomic E-state index is 12.9. The SMILES string of the molecule is N#Cc1ccc(Cn2cncc2CCNC(=O)c2cc(Cl)cn(Cc3cccc(Cl)c3)c2=O)cc1. The maximum atomic E-state index is 12.9. The Balaban J connectivity index is 1.40. The lowest BCUT2D eigenvalue weighted by atomic mass is 10.1. The average molecular weight is 506 g/mol. The van der Waals surface area contributed by atoms with E-state index in [0.717, 1.165) is 16.8 Å². The van der Waals surface area contributed by atoms with Crippen LogP contribution in [0.4, 0.5) is 0 Å². The van der Waals surface area contributed by atoms with Gasteiger partial charge in [0.15, 0.2) is 0 Å². The molecule has 0 unspecified atom stereocenters. The molecule has 0 bridgehead atoms. The molecule has 0 aliphatic heterocycles. The van der Waals surface area contributed by atoms with E-state index < -0.39 is 11.5 Å². The molecule has 0 atom stereocenters. The molecule has 0 saturated carbocycles. The van der Waals surface area contributed by atoms with E-state index >= 15 is 0 Å². The Hall–Kier alpha value is -3.86. The van der Waals surface area contributed by atoms with E-state index in [0.29, 0.717) is 30.1 Å². The van der Waals surface area contributed by atoms with Gasteiger partial charge < -0.3 is 14.5 Å². The fraction of sp³-hybridized carbons (Fsp3) is 0.154. The smallest absolute Gasteiger partial charge is 0.263 e. The van der Waals surface area contributed by atoms with E-state index in [4.69, 9.17) is 28.5 Å². The Morgan fingerprint density at radius 1 is 1.00 bits per heavy atom. The van der Waals surface area contributed by atoms with Crippen molar-refractivity contribution in [3.05, 3.63) is 122 Å². The van der Waals surface area contributed by atoms with Crippen LogP contribution >= 0.6 is 23.2 Å². The first kappa shape index (κ1) is 24.3. The van der Waals surface area contributed by atoms with Crippen LogP contribution in [0.1, 0.15) is 32.7 Å². The van der Waals surface area contributed by atoms with Crippen molar-refractivity contribution < 1.29 is 4.79 Å². The van der Waals surface area contributed by atoms with Crippen LogP contribution in [-0.2, 0) is 19.5 Å². The second-order valence-electron chi connectivity index (χ2n) is 7.96. The van der Waals surface area contributed by atoms with Gasteiger partial charge in [0.05, 0.1) is 29.5 Å². The third-order valence-electron chi connectivity index (χ3n) is 5.44. The summed E-state index contributed by atoms with van der Waals surface area (Å²) in [6.45, 7) is 1.16. The van der Waals surface area contributed by atoms with Gasteiger partial charge in [-0.15, -0.1) is 0 Å². The summed E-state index contributed by atoms with van der Waals surface area (Å²) >= 11 is 12.2. The van der Waals surface area contributed by atoms with Gasteiger partial charge in [0, 0.05) is 42.6 Å². The van der Waals surface area contributed by atoms with Crippen molar-refractivity contribution in [1.82, 2.24) is 19.4 Å². The van der Waals surface area contributed by atoms with Gasteiger partial charge in [-0.05, 0) is 41.5 Å². The lowest BCUT2D eigenvalue weighted by molar-refractivity contribution is 0.0952. The number of halogens is 2. The molecule has 35 heavy (non-hydrogen) atoms. The molecule has 7 nitrogen and oxygen atoms in total. The predicted octanol–water partition coefficient (Wildman–Crippen LogP) is 4.29. The van der Waals surface area contributed by atoms with Crippen LogP contribution in [0.5, 0.6) is 0 Å². The van der Waals surface area contributed by atoms with Crippen LogP contribution in [0.25, 0.3) is 0 Å². The first-order valence-corrected chi connectivity index (χ1v) is 11.6. The number of nitrogens with one attached hydrogen (secondary N) is 1. The molecule has 176 valence electrons. The van der Waals surface area contributed by atoms with E-state index in [1.807, 2.05) is 22.8 Å². The highest BCUT2D eigenvalue weighted by atomic mass is 35.5. The number of amides is 1. The number of nitrogens with zero attached hydrogens (tertiary/aromatic N) is 4. The standard InChI is InChI=1S/C26H21Cl2N5O2/c27-21-3-1-2-20(10-21)15-32-16-22(28)11-24(26(32)35)25(34)31-9-8-23-13-30-17-33(23)14-19-6-4-18(12-29)5-7-19/h1-7,10-11,13,16-17H,8-9,14-15H2,(H,31,34). The van der Waals surface area contributed by atoms with E-state index in [1.165, 1.54) is 16.8 Å². The van der Waals surface area contributed by atoms with E-state index in [1.54, 1.807) is 42.9 Å². The zero-order chi connectivity index (χ0) is 24.8. The number of hydrogen-bond donors (Lipinski definition) is 1. The van der Waals surface area contributed by atoms with E-state index in [9.17, 15) is 9.59 Å². The Labute approximate surface area is 212 Å². The minimum absolute atomic E-state index is 0.0226. The summed E-state index contributed by atoms with van der Waals surface area (Å²) in [5.74, 6) is -0.490. The highest BCUT2D eigenvalue weighted by Gasteiger charge is 2.15. The molecule has 9 heteroatoms. The lowest BCUT2D eigenvalue weighted by Crippen LogP contribution is -2.34. The Morgan fingerprint density at radius 2 is 1.77 bits per heavy atom. The van der Waals surface area contributed by atoms with Crippen LogP contribution in [0, 0.1) is 11.3 Å². The first-order valence-electron chi connectivity index (χ1n) is 10.8. The van der Waals surface area contributed by atoms with Crippen molar-refractivity contribution in [2.75, 3.05) is 6.54 Å². The Morgan fingerprint density at radius 3 is 2.51 bits per heavy atom. The third-order valence-corrected chi connectivity index (χ3v) is 5.88. The van der Waals surface area contributed by atoms with Crippen molar-refractivity contribution in [2.24, 2.45) is 0 Å². The highest BCUT2D eigenvalue weighted by molar-refractivity contribution is 6.31. The van der Waals surface area contributed by atoms with Crippen LogP contribution in [0.3, 0.4) is 0 Å². The van der Waals surface area contributed by atoms with Gasteiger partial charge in [-0.3, -0.25) is 9.59 Å². The first-order chi connectivity index (χ1) is 16.9. The number of pyridine rings is 1. The fourth-order valence-corrected chi connectivity index (χ4v) is 4.13. The third kappa shape index (κ3) is 6.18. The number of nitriles is 1. The molecule has 1 amide bonds. The second kappa shape index (κ2) is 11.0. The van der Waals surface area contributed by atoms with Crippen molar-refractivity contribution in [3.63, 3.8) is 0 Å². The van der Waals surface area contributed by atoms with Gasteiger partial charge >= 0.3 is 0 Å². The quantitative estimate of drug-likeness (QED) is 0.386. The van der Waals surface area contributed by atoms with E-state index in [2.05, 4.69) is 16.4 Å². The van der Waals surface area contributed by atoms with Crippen LogP contribution in [-0.4, -0.2) is 26.6 Å². The molecule has 0 radical (unpaired) electrons. The van der Waals surface area contributed by atoms with Gasteiger partial charge in [0.2, 0.25) is 0 Å². The number of carbonyl (C=O) groups is 1. The number of rotatable bonds is 8. The predicted molar refractivity (Wildman–Crippen MR) is 135 cm³/mol. The summed E-state index contributed by atoms with van der Waals surface area (Å²) in [4.78, 5) is 29.9. The van der Waals surface area contributed by atoms with Gasteiger partial charge in [-0.2, -0.15) is 5.26 Å². The van der Waals surface area contributed by atoms with E-state index in [-0.39, 0.29) is 17.1 Å². The molecular weight excluding hydrogens is 485 g/mol. The summed E-state index contributed by atoms with van der Waals surface area (Å²) in [6, 6.07) is 18.0. The largest absolute Gasteiger partial charge is 0.351 e. The molecule has 0 fully saturated rings. The minimum Gasteiger partial charge on any atom is -0.351 e. The maximum Gasteiger partial charge on any atom is 0.263 e. The minimum atomic E-state index is -0.490. The number of aromatic nitrogens is 3. The van der Waals surface area contributed by atoms with Crippen molar-refractivity contribution in [1.29, 1.82) is 5.26 Å². The molecular formula is C26H21Cl2N5O2. The lowest BCUT2D eigenvalue weighted by Gasteiger charge is -2.11. The number of imidazole rings is 1. The van der Waals surface area contributed by atoms with Gasteiger partial charge in [-0.1, -0.05) is 47.5 Å². The van der Waals surface area contributed by atoms with Crippen LogP contribution in [0.2, 0.25) is 10.0 Å². The monoisotopic (exact) mass is 505 g/mol. The molecule has 0 aliphatic rings. The summed E-state index contributed by atoms with van der Waals surface area (Å²) in [6.07, 6.45) is 5.50. The summed E-state index contributed by atoms with van der Waals surface area (Å²) in [7, 11) is 0. The highest BCUT2D eigenvalue weighted by Crippen LogP contribution is 2.14. The number of hydrogen-bond acceptors (Lipinski definition) is 4. The molecule has 0 spiro atoms. The molecule has 2 heterocycles.